The Hall–Kier alpha value is -1.29. The van der Waals surface area contributed by atoms with Crippen molar-refractivity contribution in [2.45, 2.75) is 6.92 Å². The highest BCUT2D eigenvalue weighted by Gasteiger charge is 2.04. The number of esters is 1. The van der Waals surface area contributed by atoms with Crippen LogP contribution in [0.2, 0.25) is 0 Å². The molecule has 1 aromatic rings. The third-order valence-corrected chi connectivity index (χ3v) is 2.80. The van der Waals surface area contributed by atoms with Crippen molar-refractivity contribution in [3.05, 3.63) is 40.9 Å². The molecule has 0 heterocycles. The van der Waals surface area contributed by atoms with Crippen LogP contribution in [-0.4, -0.2) is 26.2 Å². The number of hydrogen-bond acceptors (Lipinski definition) is 3. The number of nitrogens with zero attached hydrogens (tertiary/aromatic N) is 1. The lowest BCUT2D eigenvalue weighted by Gasteiger charge is -2.19. The minimum Gasteiger partial charge on any atom is -0.460 e. The van der Waals surface area contributed by atoms with E-state index in [-0.39, 0.29) is 5.97 Å². The fourth-order valence-corrected chi connectivity index (χ4v) is 1.49. The molecule has 0 saturated heterocycles. The maximum absolute atomic E-state index is 11.2. The van der Waals surface area contributed by atoms with E-state index in [2.05, 4.69) is 22.5 Å². The van der Waals surface area contributed by atoms with Crippen LogP contribution in [0.15, 0.2) is 40.9 Å². The number of carbonyl (C=O) groups excluding carboxylic acids is 1. The van der Waals surface area contributed by atoms with Crippen LogP contribution in [0.1, 0.15) is 6.92 Å². The first-order chi connectivity index (χ1) is 8.00. The second-order valence-electron chi connectivity index (χ2n) is 3.81. The summed E-state index contributed by atoms with van der Waals surface area (Å²) in [5.41, 5.74) is 1.51. The Bertz CT molecular complexity index is 400. The molecule has 0 N–H and O–H groups in total. The molecule has 0 aliphatic carbocycles. The SMILES string of the molecule is C=C(C)C(=O)OCCN(C)c1ccc(Br)cc1. The van der Waals surface area contributed by atoms with Crippen molar-refractivity contribution < 1.29 is 9.53 Å². The summed E-state index contributed by atoms with van der Waals surface area (Å²) in [4.78, 5) is 13.2. The summed E-state index contributed by atoms with van der Waals surface area (Å²) in [5, 5.41) is 0. The van der Waals surface area contributed by atoms with E-state index in [0.717, 1.165) is 10.2 Å². The van der Waals surface area contributed by atoms with Crippen LogP contribution < -0.4 is 4.90 Å². The van der Waals surface area contributed by atoms with Crippen LogP contribution in [-0.2, 0) is 9.53 Å². The van der Waals surface area contributed by atoms with Gasteiger partial charge in [-0.2, -0.15) is 0 Å². The molecule has 0 aliphatic heterocycles. The number of likely N-dealkylation sites (N-methyl/N-ethyl adjacent to an activating group) is 1. The maximum atomic E-state index is 11.2. The molecule has 92 valence electrons. The van der Waals surface area contributed by atoms with Crippen molar-refractivity contribution in [2.75, 3.05) is 25.1 Å². The molecule has 0 saturated carbocycles. The van der Waals surface area contributed by atoms with Gasteiger partial charge in [0.2, 0.25) is 0 Å². The molecule has 0 unspecified atom stereocenters. The lowest BCUT2D eigenvalue weighted by Crippen LogP contribution is -2.23. The minimum absolute atomic E-state index is 0.339. The van der Waals surface area contributed by atoms with Crippen molar-refractivity contribution in [1.29, 1.82) is 0 Å². The third-order valence-electron chi connectivity index (χ3n) is 2.28. The van der Waals surface area contributed by atoms with E-state index in [0.29, 0.717) is 18.7 Å². The van der Waals surface area contributed by atoms with Gasteiger partial charge in [-0.15, -0.1) is 0 Å². The summed E-state index contributed by atoms with van der Waals surface area (Å²) in [6, 6.07) is 7.97. The average molecular weight is 298 g/mol. The number of ether oxygens (including phenoxy) is 1. The standard InChI is InChI=1S/C13H16BrNO2/c1-10(2)13(16)17-9-8-15(3)12-6-4-11(14)5-7-12/h4-7H,1,8-9H2,2-3H3. The monoisotopic (exact) mass is 297 g/mol. The highest BCUT2D eigenvalue weighted by molar-refractivity contribution is 9.10. The molecular formula is C13H16BrNO2. The first kappa shape index (κ1) is 13.8. The molecule has 17 heavy (non-hydrogen) atoms. The van der Waals surface area contributed by atoms with Gasteiger partial charge >= 0.3 is 5.97 Å². The summed E-state index contributed by atoms with van der Waals surface area (Å²) in [6.45, 7) is 6.18. The summed E-state index contributed by atoms with van der Waals surface area (Å²) >= 11 is 3.38. The molecule has 0 fully saturated rings. The molecule has 0 bridgehead atoms. The van der Waals surface area contributed by atoms with Crippen LogP contribution >= 0.6 is 15.9 Å². The molecule has 0 radical (unpaired) electrons. The summed E-state index contributed by atoms with van der Waals surface area (Å²) in [6.07, 6.45) is 0. The van der Waals surface area contributed by atoms with Crippen LogP contribution in [0.3, 0.4) is 0 Å². The van der Waals surface area contributed by atoms with Gasteiger partial charge in [-0.25, -0.2) is 4.79 Å². The van der Waals surface area contributed by atoms with Gasteiger partial charge in [0.05, 0.1) is 6.54 Å². The number of anilines is 1. The molecule has 4 heteroatoms. The Balaban J connectivity index is 2.40. The molecule has 1 aromatic carbocycles. The topological polar surface area (TPSA) is 29.5 Å². The van der Waals surface area contributed by atoms with E-state index in [1.807, 2.05) is 36.2 Å². The van der Waals surface area contributed by atoms with Crippen molar-refractivity contribution in [1.82, 2.24) is 0 Å². The molecule has 0 amide bonds. The van der Waals surface area contributed by atoms with Crippen molar-refractivity contribution in [3.8, 4) is 0 Å². The molecule has 0 aromatic heterocycles. The largest absolute Gasteiger partial charge is 0.460 e. The Labute approximate surface area is 110 Å². The highest BCUT2D eigenvalue weighted by Crippen LogP contribution is 2.16. The van der Waals surface area contributed by atoms with Gasteiger partial charge in [0.15, 0.2) is 0 Å². The number of carbonyl (C=O) groups is 1. The van der Waals surface area contributed by atoms with Gasteiger partial charge in [0.25, 0.3) is 0 Å². The van der Waals surface area contributed by atoms with Crippen LogP contribution in [0.4, 0.5) is 5.69 Å². The zero-order chi connectivity index (χ0) is 12.8. The van der Waals surface area contributed by atoms with E-state index in [4.69, 9.17) is 4.74 Å². The van der Waals surface area contributed by atoms with Crippen molar-refractivity contribution in [2.24, 2.45) is 0 Å². The smallest absolute Gasteiger partial charge is 0.333 e. The van der Waals surface area contributed by atoms with Gasteiger partial charge in [0.1, 0.15) is 6.61 Å². The molecule has 1 rings (SSSR count). The van der Waals surface area contributed by atoms with Gasteiger partial charge in [-0.3, -0.25) is 0 Å². The van der Waals surface area contributed by atoms with E-state index in [1.54, 1.807) is 6.92 Å². The molecule has 0 spiro atoms. The molecule has 3 nitrogen and oxygen atoms in total. The number of halogens is 1. The van der Waals surface area contributed by atoms with E-state index in [9.17, 15) is 4.79 Å². The summed E-state index contributed by atoms with van der Waals surface area (Å²) in [5.74, 6) is -0.339. The molecular weight excluding hydrogens is 282 g/mol. The van der Waals surface area contributed by atoms with Crippen molar-refractivity contribution >= 4 is 27.6 Å². The van der Waals surface area contributed by atoms with E-state index >= 15 is 0 Å². The first-order valence-corrected chi connectivity index (χ1v) is 6.09. The quantitative estimate of drug-likeness (QED) is 0.618. The summed E-state index contributed by atoms with van der Waals surface area (Å²) in [7, 11) is 1.96. The fourth-order valence-electron chi connectivity index (χ4n) is 1.22. The van der Waals surface area contributed by atoms with Crippen LogP contribution in [0.5, 0.6) is 0 Å². The minimum atomic E-state index is -0.339. The van der Waals surface area contributed by atoms with Crippen LogP contribution in [0.25, 0.3) is 0 Å². The molecule has 0 aliphatic rings. The zero-order valence-corrected chi connectivity index (χ0v) is 11.7. The normalized spacial score (nSPS) is 9.82. The Morgan fingerprint density at radius 2 is 2.00 bits per heavy atom. The zero-order valence-electron chi connectivity index (χ0n) is 10.1. The van der Waals surface area contributed by atoms with Crippen molar-refractivity contribution in [3.63, 3.8) is 0 Å². The lowest BCUT2D eigenvalue weighted by atomic mass is 10.3. The van der Waals surface area contributed by atoms with Gasteiger partial charge < -0.3 is 9.64 Å². The average Bonchev–Trinajstić information content (AvgIpc) is 2.29. The Morgan fingerprint density at radius 3 is 2.53 bits per heavy atom. The van der Waals surface area contributed by atoms with Crippen LogP contribution in [0, 0.1) is 0 Å². The van der Waals surface area contributed by atoms with Gasteiger partial charge in [-0.1, -0.05) is 22.5 Å². The first-order valence-electron chi connectivity index (χ1n) is 5.30. The summed E-state index contributed by atoms with van der Waals surface area (Å²) < 4.78 is 6.07. The number of hydrogen-bond donors (Lipinski definition) is 0. The Morgan fingerprint density at radius 1 is 1.41 bits per heavy atom. The van der Waals surface area contributed by atoms with E-state index < -0.39 is 0 Å². The second-order valence-corrected chi connectivity index (χ2v) is 4.73. The van der Waals surface area contributed by atoms with E-state index in [1.165, 1.54) is 0 Å². The van der Waals surface area contributed by atoms with Gasteiger partial charge in [0, 0.05) is 22.8 Å². The lowest BCUT2D eigenvalue weighted by molar-refractivity contribution is -0.138. The Kier molecular flexibility index (Phi) is 5.22. The number of benzene rings is 1. The van der Waals surface area contributed by atoms with Gasteiger partial charge in [-0.05, 0) is 31.2 Å². The second kappa shape index (κ2) is 6.45. The maximum Gasteiger partial charge on any atom is 0.333 e. The molecule has 0 atom stereocenters. The highest BCUT2D eigenvalue weighted by atomic mass is 79.9. The third kappa shape index (κ3) is 4.61. The fraction of sp³-hybridized carbons (Fsp3) is 0.308. The predicted molar refractivity (Wildman–Crippen MR) is 73.2 cm³/mol. The number of rotatable bonds is 5. The predicted octanol–water partition coefficient (Wildman–Crippen LogP) is 3.00.